The molecule has 4 nitrogen and oxygen atoms in total. The van der Waals surface area contributed by atoms with Gasteiger partial charge in [-0.1, -0.05) is 48.5 Å². The van der Waals surface area contributed by atoms with Gasteiger partial charge in [0.2, 0.25) is 0 Å². The fourth-order valence-corrected chi connectivity index (χ4v) is 2.26. The number of carbonyl (C=O) groups is 2. The Morgan fingerprint density at radius 2 is 1.55 bits per heavy atom. The Kier molecular flexibility index (Phi) is 5.31. The van der Waals surface area contributed by atoms with Crippen molar-refractivity contribution in [3.05, 3.63) is 65.7 Å². The highest BCUT2D eigenvalue weighted by molar-refractivity contribution is 5.92. The lowest BCUT2D eigenvalue weighted by Crippen LogP contribution is -2.31. The minimum absolute atomic E-state index is 0.331. The van der Waals surface area contributed by atoms with Crippen LogP contribution in [0.2, 0.25) is 0 Å². The molecular weight excluding hydrogens is 278 g/mol. The third kappa shape index (κ3) is 4.19. The molecule has 0 bridgehead atoms. The van der Waals surface area contributed by atoms with Gasteiger partial charge in [-0.15, -0.1) is 5.06 Å². The molecule has 0 unspecified atom stereocenters. The molecular formula is C18H19NO3. The van der Waals surface area contributed by atoms with E-state index < -0.39 is 5.97 Å². The summed E-state index contributed by atoms with van der Waals surface area (Å²) in [5.41, 5.74) is 2.79. The van der Waals surface area contributed by atoms with Crippen LogP contribution in [0.5, 0.6) is 0 Å². The van der Waals surface area contributed by atoms with Gasteiger partial charge in [-0.3, -0.25) is 4.79 Å². The number of anilines is 1. The Bertz CT molecular complexity index is 652. The van der Waals surface area contributed by atoms with Crippen molar-refractivity contribution in [2.45, 2.75) is 26.7 Å². The van der Waals surface area contributed by atoms with E-state index in [0.717, 1.165) is 23.5 Å². The van der Waals surface area contributed by atoms with Gasteiger partial charge in [0.1, 0.15) is 0 Å². The van der Waals surface area contributed by atoms with Crippen LogP contribution in [0.1, 0.15) is 25.0 Å². The highest BCUT2D eigenvalue weighted by Crippen LogP contribution is 2.23. The number of aryl methyl sites for hydroxylation is 2. The molecule has 0 saturated heterocycles. The predicted octanol–water partition coefficient (Wildman–Crippen LogP) is 3.30. The first-order chi connectivity index (χ1) is 10.6. The van der Waals surface area contributed by atoms with Crippen molar-refractivity contribution in [1.82, 2.24) is 0 Å². The minimum atomic E-state index is -0.520. The van der Waals surface area contributed by atoms with Crippen LogP contribution in [0.3, 0.4) is 0 Å². The summed E-state index contributed by atoms with van der Waals surface area (Å²) in [5, 5.41) is 1.06. The normalized spacial score (nSPS) is 10.1. The van der Waals surface area contributed by atoms with E-state index in [1.54, 1.807) is 6.07 Å². The van der Waals surface area contributed by atoms with Gasteiger partial charge in [0.25, 0.3) is 5.91 Å². The van der Waals surface area contributed by atoms with Crippen LogP contribution in [0, 0.1) is 0 Å². The van der Waals surface area contributed by atoms with Crippen LogP contribution < -0.4 is 5.06 Å². The quantitative estimate of drug-likeness (QED) is 0.813. The summed E-state index contributed by atoms with van der Waals surface area (Å²) < 4.78 is 0. The second kappa shape index (κ2) is 7.41. The zero-order valence-corrected chi connectivity index (χ0v) is 12.8. The maximum atomic E-state index is 11.8. The maximum Gasteiger partial charge on any atom is 0.330 e. The van der Waals surface area contributed by atoms with Crippen LogP contribution in [0.25, 0.3) is 0 Å². The molecule has 0 aliphatic rings. The number of nitrogens with zero attached hydrogens (tertiary/aromatic N) is 1. The summed E-state index contributed by atoms with van der Waals surface area (Å²) in [7, 11) is 0. The average molecular weight is 297 g/mol. The van der Waals surface area contributed by atoms with Gasteiger partial charge < -0.3 is 4.84 Å². The van der Waals surface area contributed by atoms with Gasteiger partial charge in [-0.05, 0) is 30.0 Å². The molecule has 0 fully saturated rings. The monoisotopic (exact) mass is 297 g/mol. The topological polar surface area (TPSA) is 46.6 Å². The summed E-state index contributed by atoms with van der Waals surface area (Å²) in [6.45, 7) is 2.65. The molecule has 0 atom stereocenters. The number of hydrogen-bond donors (Lipinski definition) is 0. The molecule has 0 radical (unpaired) electrons. The first kappa shape index (κ1) is 15.8. The second-order valence-corrected chi connectivity index (χ2v) is 5.01. The summed E-state index contributed by atoms with van der Waals surface area (Å²) in [6.07, 6.45) is 1.61. The van der Waals surface area contributed by atoms with E-state index in [1.807, 2.05) is 36.4 Å². The lowest BCUT2D eigenvalue weighted by Gasteiger charge is -2.21. The molecule has 0 heterocycles. The van der Waals surface area contributed by atoms with E-state index in [4.69, 9.17) is 4.84 Å². The molecule has 0 spiro atoms. The molecule has 114 valence electrons. The summed E-state index contributed by atoms with van der Waals surface area (Å²) in [4.78, 5) is 28.0. The third-order valence-electron chi connectivity index (χ3n) is 3.24. The molecule has 2 aromatic carbocycles. The Morgan fingerprint density at radius 3 is 2.18 bits per heavy atom. The van der Waals surface area contributed by atoms with Crippen LogP contribution in [-0.2, 0) is 27.3 Å². The maximum absolute atomic E-state index is 11.8. The first-order valence-electron chi connectivity index (χ1n) is 7.19. The Labute approximate surface area is 130 Å². The first-order valence-corrected chi connectivity index (χ1v) is 7.19. The number of rotatable bonds is 4. The molecule has 22 heavy (non-hydrogen) atoms. The smallest absolute Gasteiger partial charge is 0.330 e. The second-order valence-electron chi connectivity index (χ2n) is 5.01. The molecule has 2 rings (SSSR count). The van der Waals surface area contributed by atoms with E-state index in [1.165, 1.54) is 19.4 Å². The lowest BCUT2D eigenvalue weighted by atomic mass is 10.0. The van der Waals surface area contributed by atoms with E-state index >= 15 is 0 Å². The fourth-order valence-electron chi connectivity index (χ4n) is 2.26. The highest BCUT2D eigenvalue weighted by Gasteiger charge is 2.18. The van der Waals surface area contributed by atoms with Crippen molar-refractivity contribution in [2.75, 3.05) is 5.06 Å². The minimum Gasteiger partial charge on any atom is -0.334 e. The van der Waals surface area contributed by atoms with Crippen molar-refractivity contribution >= 4 is 17.6 Å². The predicted molar refractivity (Wildman–Crippen MR) is 85.2 cm³/mol. The van der Waals surface area contributed by atoms with Crippen LogP contribution in [0.4, 0.5) is 5.69 Å². The molecule has 1 amide bonds. The standard InChI is InChI=1S/C18H19NO3/c1-14(20)19(22-15(2)21)18-11-7-6-10-17(18)13-12-16-8-4-3-5-9-16/h3-11H,12-13H2,1-2H3. The van der Waals surface area contributed by atoms with Gasteiger partial charge in [-0.2, -0.15) is 0 Å². The van der Waals surface area contributed by atoms with E-state index in [9.17, 15) is 9.59 Å². The molecule has 0 aliphatic carbocycles. The lowest BCUT2D eigenvalue weighted by molar-refractivity contribution is -0.147. The van der Waals surface area contributed by atoms with Crippen LogP contribution in [-0.4, -0.2) is 11.9 Å². The highest BCUT2D eigenvalue weighted by atomic mass is 16.7. The van der Waals surface area contributed by atoms with E-state index in [-0.39, 0.29) is 5.91 Å². The van der Waals surface area contributed by atoms with E-state index in [0.29, 0.717) is 5.69 Å². The van der Waals surface area contributed by atoms with Gasteiger partial charge in [-0.25, -0.2) is 4.79 Å². The Hall–Kier alpha value is -2.62. The number of amides is 1. The number of hydroxylamine groups is 1. The van der Waals surface area contributed by atoms with Gasteiger partial charge in [0, 0.05) is 13.8 Å². The van der Waals surface area contributed by atoms with Crippen molar-refractivity contribution in [2.24, 2.45) is 0 Å². The fraction of sp³-hybridized carbons (Fsp3) is 0.222. The van der Waals surface area contributed by atoms with E-state index in [2.05, 4.69) is 12.1 Å². The van der Waals surface area contributed by atoms with Gasteiger partial charge in [0.05, 0.1) is 5.69 Å². The summed E-state index contributed by atoms with van der Waals surface area (Å²) in [6, 6.07) is 17.6. The van der Waals surface area contributed by atoms with Gasteiger partial charge in [0.15, 0.2) is 0 Å². The molecule has 4 heteroatoms. The van der Waals surface area contributed by atoms with Crippen molar-refractivity contribution in [3.8, 4) is 0 Å². The van der Waals surface area contributed by atoms with Gasteiger partial charge >= 0.3 is 5.97 Å². The summed E-state index contributed by atoms with van der Waals surface area (Å²) >= 11 is 0. The Morgan fingerprint density at radius 1 is 0.909 bits per heavy atom. The van der Waals surface area contributed by atoms with Crippen LogP contribution in [0.15, 0.2) is 54.6 Å². The average Bonchev–Trinajstić information content (AvgIpc) is 2.51. The zero-order chi connectivity index (χ0) is 15.9. The summed E-state index contributed by atoms with van der Waals surface area (Å²) in [5.74, 6) is -0.851. The van der Waals surface area contributed by atoms with Crippen molar-refractivity contribution in [1.29, 1.82) is 0 Å². The molecule has 0 aliphatic heterocycles. The number of carbonyl (C=O) groups excluding carboxylic acids is 2. The Balaban J connectivity index is 2.21. The molecule has 0 saturated carbocycles. The largest absolute Gasteiger partial charge is 0.334 e. The molecule has 2 aromatic rings. The number of benzene rings is 2. The zero-order valence-electron chi connectivity index (χ0n) is 12.8. The molecule has 0 N–H and O–H groups in total. The number of para-hydroxylation sites is 1. The van der Waals surface area contributed by atoms with Crippen molar-refractivity contribution in [3.63, 3.8) is 0 Å². The SMILES string of the molecule is CC(=O)ON(C(C)=O)c1ccccc1CCc1ccccc1. The van der Waals surface area contributed by atoms with Crippen LogP contribution >= 0.6 is 0 Å². The number of hydrogen-bond acceptors (Lipinski definition) is 3. The third-order valence-corrected chi connectivity index (χ3v) is 3.24. The van der Waals surface area contributed by atoms with Crippen molar-refractivity contribution < 1.29 is 14.4 Å². The molecule has 0 aromatic heterocycles.